The molecule has 0 saturated heterocycles. The lowest BCUT2D eigenvalue weighted by Gasteiger charge is -2.02. The second-order valence-corrected chi connectivity index (χ2v) is 2.62. The Morgan fingerprint density at radius 1 is 1.53 bits per heavy atom. The van der Waals surface area contributed by atoms with Gasteiger partial charge in [0.15, 0.2) is 0 Å². The number of rotatable bonds is 3. The van der Waals surface area contributed by atoms with E-state index in [4.69, 9.17) is 0 Å². The zero-order chi connectivity index (χ0) is 11.3. The monoisotopic (exact) mass is 209 g/mol. The highest BCUT2D eigenvalue weighted by atomic mass is 19.1. The molecule has 1 rings (SSSR count). The van der Waals surface area contributed by atoms with Crippen LogP contribution in [0.4, 0.5) is 10.1 Å². The Bertz CT molecular complexity index is 425. The van der Waals surface area contributed by atoms with Crippen molar-refractivity contribution in [2.45, 2.75) is 6.92 Å². The van der Waals surface area contributed by atoms with E-state index in [-0.39, 0.29) is 17.9 Å². The predicted octanol–water partition coefficient (Wildman–Crippen LogP) is 1.97. The molecule has 1 aromatic rings. The molecule has 0 atom stereocenters. The SMILES string of the molecule is CCOC(=O)c1cc(F)cc(N=C=O)c1. The molecular formula is C10H8FNO3. The fourth-order valence-corrected chi connectivity index (χ4v) is 1.02. The predicted molar refractivity (Wildman–Crippen MR) is 50.1 cm³/mol. The van der Waals surface area contributed by atoms with Crippen LogP contribution < -0.4 is 0 Å². The average Bonchev–Trinajstić information content (AvgIpc) is 2.17. The van der Waals surface area contributed by atoms with Gasteiger partial charge >= 0.3 is 5.97 Å². The van der Waals surface area contributed by atoms with Crippen LogP contribution in [0.3, 0.4) is 0 Å². The molecule has 78 valence electrons. The molecular weight excluding hydrogens is 201 g/mol. The van der Waals surface area contributed by atoms with Crippen molar-refractivity contribution in [1.29, 1.82) is 0 Å². The smallest absolute Gasteiger partial charge is 0.338 e. The highest BCUT2D eigenvalue weighted by Crippen LogP contribution is 2.17. The Morgan fingerprint density at radius 3 is 2.87 bits per heavy atom. The van der Waals surface area contributed by atoms with E-state index in [2.05, 4.69) is 9.73 Å². The van der Waals surface area contributed by atoms with E-state index in [0.29, 0.717) is 0 Å². The minimum Gasteiger partial charge on any atom is -0.462 e. The molecule has 0 aliphatic carbocycles. The van der Waals surface area contributed by atoms with E-state index in [9.17, 15) is 14.0 Å². The average molecular weight is 209 g/mol. The number of aliphatic imine (C=N–C) groups is 1. The summed E-state index contributed by atoms with van der Waals surface area (Å²) in [4.78, 5) is 24.4. The van der Waals surface area contributed by atoms with Gasteiger partial charge in [-0.1, -0.05) is 0 Å². The fraction of sp³-hybridized carbons (Fsp3) is 0.200. The van der Waals surface area contributed by atoms with Crippen LogP contribution in [0, 0.1) is 5.82 Å². The molecule has 0 aliphatic heterocycles. The second-order valence-electron chi connectivity index (χ2n) is 2.62. The number of hydrogen-bond donors (Lipinski definition) is 0. The molecule has 0 heterocycles. The standard InChI is InChI=1S/C10H8FNO3/c1-2-15-10(14)7-3-8(11)5-9(4-7)12-6-13/h3-5H,2H2,1H3. The first-order valence-corrected chi connectivity index (χ1v) is 4.23. The molecule has 0 amide bonds. The summed E-state index contributed by atoms with van der Waals surface area (Å²) >= 11 is 0. The van der Waals surface area contributed by atoms with Gasteiger partial charge in [-0.05, 0) is 19.1 Å². The lowest BCUT2D eigenvalue weighted by Crippen LogP contribution is -2.04. The summed E-state index contributed by atoms with van der Waals surface area (Å²) < 4.78 is 17.6. The van der Waals surface area contributed by atoms with Crippen LogP contribution in [-0.4, -0.2) is 18.7 Å². The second kappa shape index (κ2) is 5.02. The van der Waals surface area contributed by atoms with Crippen LogP contribution >= 0.6 is 0 Å². The topological polar surface area (TPSA) is 55.7 Å². The maximum Gasteiger partial charge on any atom is 0.338 e. The number of isocyanates is 1. The van der Waals surface area contributed by atoms with Crippen LogP contribution in [0.2, 0.25) is 0 Å². The number of ether oxygens (including phenoxy) is 1. The highest BCUT2D eigenvalue weighted by molar-refractivity contribution is 5.90. The number of benzene rings is 1. The molecule has 1 aromatic carbocycles. The van der Waals surface area contributed by atoms with Crippen molar-refractivity contribution in [3.63, 3.8) is 0 Å². The van der Waals surface area contributed by atoms with Gasteiger partial charge in [-0.15, -0.1) is 0 Å². The first-order chi connectivity index (χ1) is 7.17. The third kappa shape index (κ3) is 3.00. The van der Waals surface area contributed by atoms with Gasteiger partial charge in [0.1, 0.15) is 5.82 Å². The van der Waals surface area contributed by atoms with E-state index < -0.39 is 11.8 Å². The Balaban J connectivity index is 3.08. The molecule has 15 heavy (non-hydrogen) atoms. The molecule has 4 nitrogen and oxygen atoms in total. The molecule has 0 aliphatic rings. The molecule has 5 heteroatoms. The van der Waals surface area contributed by atoms with Gasteiger partial charge < -0.3 is 4.74 Å². The van der Waals surface area contributed by atoms with Crippen molar-refractivity contribution in [1.82, 2.24) is 0 Å². The van der Waals surface area contributed by atoms with Crippen LogP contribution in [0.5, 0.6) is 0 Å². The van der Waals surface area contributed by atoms with Gasteiger partial charge in [-0.2, -0.15) is 4.99 Å². The number of nitrogens with zero attached hydrogens (tertiary/aromatic N) is 1. The van der Waals surface area contributed by atoms with Crippen LogP contribution in [0.1, 0.15) is 17.3 Å². The van der Waals surface area contributed by atoms with Gasteiger partial charge in [0.05, 0.1) is 17.9 Å². The summed E-state index contributed by atoms with van der Waals surface area (Å²) in [5.41, 5.74) is 0.0545. The molecule has 0 bridgehead atoms. The van der Waals surface area contributed by atoms with E-state index in [1.807, 2.05) is 0 Å². The maximum atomic E-state index is 13.0. The molecule has 0 fully saturated rings. The minimum absolute atomic E-state index is 0.0193. The Hall–Kier alpha value is -2.00. The third-order valence-electron chi connectivity index (χ3n) is 1.57. The van der Waals surface area contributed by atoms with Gasteiger partial charge in [-0.3, -0.25) is 0 Å². The van der Waals surface area contributed by atoms with Gasteiger partial charge in [0, 0.05) is 6.07 Å². The van der Waals surface area contributed by atoms with Gasteiger partial charge in [-0.25, -0.2) is 14.0 Å². The number of hydrogen-bond acceptors (Lipinski definition) is 4. The largest absolute Gasteiger partial charge is 0.462 e. The summed E-state index contributed by atoms with van der Waals surface area (Å²) in [5, 5.41) is 0. The number of carbonyl (C=O) groups excluding carboxylic acids is 2. The van der Waals surface area contributed by atoms with Crippen molar-refractivity contribution < 1.29 is 18.7 Å². The Kier molecular flexibility index (Phi) is 3.71. The molecule has 0 spiro atoms. The molecule has 0 radical (unpaired) electrons. The Labute approximate surface area is 85.4 Å². The summed E-state index contributed by atoms with van der Waals surface area (Å²) in [7, 11) is 0. The van der Waals surface area contributed by atoms with E-state index in [1.165, 1.54) is 12.1 Å². The first-order valence-electron chi connectivity index (χ1n) is 4.23. The van der Waals surface area contributed by atoms with E-state index >= 15 is 0 Å². The van der Waals surface area contributed by atoms with Crippen LogP contribution in [-0.2, 0) is 9.53 Å². The minimum atomic E-state index is -0.658. The van der Waals surface area contributed by atoms with Crippen LogP contribution in [0.25, 0.3) is 0 Å². The van der Waals surface area contributed by atoms with Gasteiger partial charge in [0.25, 0.3) is 0 Å². The van der Waals surface area contributed by atoms with Crippen molar-refractivity contribution in [2.75, 3.05) is 6.61 Å². The normalized spacial score (nSPS) is 9.20. The van der Waals surface area contributed by atoms with Crippen molar-refractivity contribution in [2.24, 2.45) is 4.99 Å². The van der Waals surface area contributed by atoms with Crippen molar-refractivity contribution in [3.8, 4) is 0 Å². The van der Waals surface area contributed by atoms with Gasteiger partial charge in [0.2, 0.25) is 6.08 Å². The summed E-state index contributed by atoms with van der Waals surface area (Å²) in [5.74, 6) is -1.31. The quantitative estimate of drug-likeness (QED) is 0.434. The van der Waals surface area contributed by atoms with E-state index in [0.717, 1.165) is 12.1 Å². The summed E-state index contributed by atoms with van der Waals surface area (Å²) in [6.07, 6.45) is 1.27. The van der Waals surface area contributed by atoms with Crippen molar-refractivity contribution in [3.05, 3.63) is 29.6 Å². The molecule has 0 N–H and O–H groups in total. The fourth-order valence-electron chi connectivity index (χ4n) is 1.02. The van der Waals surface area contributed by atoms with E-state index in [1.54, 1.807) is 6.92 Å². The first kappa shape index (κ1) is 11.1. The van der Waals surface area contributed by atoms with Crippen molar-refractivity contribution >= 4 is 17.7 Å². The highest BCUT2D eigenvalue weighted by Gasteiger charge is 2.09. The third-order valence-corrected chi connectivity index (χ3v) is 1.57. The molecule has 0 saturated carbocycles. The summed E-state index contributed by atoms with van der Waals surface area (Å²) in [6, 6.07) is 3.29. The lowest BCUT2D eigenvalue weighted by molar-refractivity contribution is 0.0526. The maximum absolute atomic E-state index is 13.0. The molecule has 0 aromatic heterocycles. The summed E-state index contributed by atoms with van der Waals surface area (Å²) in [6.45, 7) is 1.84. The number of esters is 1. The number of carbonyl (C=O) groups is 1. The Morgan fingerprint density at radius 2 is 2.27 bits per heavy atom. The molecule has 0 unspecified atom stereocenters. The number of halogens is 1. The zero-order valence-corrected chi connectivity index (χ0v) is 7.99. The zero-order valence-electron chi connectivity index (χ0n) is 7.99. The van der Waals surface area contributed by atoms with Crippen LogP contribution in [0.15, 0.2) is 23.2 Å². The lowest BCUT2D eigenvalue weighted by atomic mass is 10.2.